The van der Waals surface area contributed by atoms with Gasteiger partial charge in [0.1, 0.15) is 0 Å². The summed E-state index contributed by atoms with van der Waals surface area (Å²) in [6.45, 7) is 6.81. The van der Waals surface area contributed by atoms with E-state index in [4.69, 9.17) is 11.6 Å². The van der Waals surface area contributed by atoms with Gasteiger partial charge in [-0.2, -0.15) is 0 Å². The van der Waals surface area contributed by atoms with Gasteiger partial charge in [-0.1, -0.05) is 53.7 Å². The van der Waals surface area contributed by atoms with Crippen LogP contribution < -0.4 is 0 Å². The zero-order chi connectivity index (χ0) is 18.7. The zero-order valence-electron chi connectivity index (χ0n) is 15.0. The summed E-state index contributed by atoms with van der Waals surface area (Å²) in [7, 11) is 0. The number of benzene rings is 2. The number of halogens is 1. The lowest BCUT2D eigenvalue weighted by atomic mass is 10.0. The van der Waals surface area contributed by atoms with Crippen LogP contribution in [0.3, 0.4) is 0 Å². The molecule has 1 amide bonds. The van der Waals surface area contributed by atoms with E-state index in [9.17, 15) is 4.79 Å². The van der Waals surface area contributed by atoms with Crippen molar-refractivity contribution in [1.82, 2.24) is 9.88 Å². The van der Waals surface area contributed by atoms with Crippen LogP contribution in [0.25, 0.3) is 10.2 Å². The van der Waals surface area contributed by atoms with Gasteiger partial charge in [-0.3, -0.25) is 4.79 Å². The molecule has 0 radical (unpaired) electrons. The highest BCUT2D eigenvalue weighted by Gasteiger charge is 2.26. The molecule has 0 saturated carbocycles. The van der Waals surface area contributed by atoms with Gasteiger partial charge in [-0.05, 0) is 44.5 Å². The third-order valence-electron chi connectivity index (χ3n) is 3.94. The fourth-order valence-corrected chi connectivity index (χ4v) is 4.70. The van der Waals surface area contributed by atoms with E-state index in [0.29, 0.717) is 17.3 Å². The number of carbonyl (C=O) groups excluding carboxylic acids is 1. The Labute approximate surface area is 167 Å². The number of hydrogen-bond acceptors (Lipinski definition) is 4. The highest BCUT2D eigenvalue weighted by Crippen LogP contribution is 2.31. The Kier molecular flexibility index (Phi) is 5.90. The first-order chi connectivity index (χ1) is 12.3. The van der Waals surface area contributed by atoms with Crippen LogP contribution in [-0.4, -0.2) is 27.1 Å². The summed E-state index contributed by atoms with van der Waals surface area (Å²) in [6, 6.07) is 15.8. The summed E-state index contributed by atoms with van der Waals surface area (Å²) in [6.07, 6.45) is 0. The monoisotopic (exact) mass is 404 g/mol. The van der Waals surface area contributed by atoms with Gasteiger partial charge in [0, 0.05) is 17.1 Å². The molecule has 0 saturated heterocycles. The lowest BCUT2D eigenvalue weighted by Crippen LogP contribution is -2.45. The summed E-state index contributed by atoms with van der Waals surface area (Å²) in [5.41, 5.74) is 1.78. The standard InChI is InChI=1S/C20H21ClN2OS2/c1-20(2,3)23(12-14-7-5-4-6-8-14)18(24)13-25-19-22-16-11-15(21)9-10-17(16)26-19/h4-11H,12-13H2,1-3H3. The van der Waals surface area contributed by atoms with Crippen LogP contribution >= 0.6 is 34.7 Å². The molecule has 0 aliphatic carbocycles. The van der Waals surface area contributed by atoms with Crippen LogP contribution in [0.1, 0.15) is 26.3 Å². The van der Waals surface area contributed by atoms with E-state index in [1.54, 1.807) is 11.3 Å². The Balaban J connectivity index is 1.70. The van der Waals surface area contributed by atoms with E-state index in [2.05, 4.69) is 37.9 Å². The Bertz CT molecular complexity index is 903. The number of fused-ring (bicyclic) bond motifs is 1. The Morgan fingerprint density at radius 1 is 1.19 bits per heavy atom. The smallest absolute Gasteiger partial charge is 0.233 e. The second-order valence-corrected chi connectivity index (χ2v) is 9.71. The predicted octanol–water partition coefficient (Wildman–Crippen LogP) is 5.87. The first kappa shape index (κ1) is 19.2. The van der Waals surface area contributed by atoms with Gasteiger partial charge in [0.15, 0.2) is 4.34 Å². The van der Waals surface area contributed by atoms with E-state index in [1.165, 1.54) is 11.8 Å². The maximum absolute atomic E-state index is 12.9. The van der Waals surface area contributed by atoms with Gasteiger partial charge in [0.25, 0.3) is 0 Å². The normalized spacial score (nSPS) is 11.7. The highest BCUT2D eigenvalue weighted by atomic mass is 35.5. The van der Waals surface area contributed by atoms with E-state index >= 15 is 0 Å². The van der Waals surface area contributed by atoms with Crippen molar-refractivity contribution in [2.24, 2.45) is 0 Å². The zero-order valence-corrected chi connectivity index (χ0v) is 17.4. The fourth-order valence-electron chi connectivity index (χ4n) is 2.61. The van der Waals surface area contributed by atoms with E-state index < -0.39 is 0 Å². The van der Waals surface area contributed by atoms with Gasteiger partial charge in [0.05, 0.1) is 16.0 Å². The highest BCUT2D eigenvalue weighted by molar-refractivity contribution is 8.01. The van der Waals surface area contributed by atoms with Gasteiger partial charge in [-0.25, -0.2) is 4.98 Å². The van der Waals surface area contributed by atoms with E-state index in [-0.39, 0.29) is 11.4 Å². The van der Waals surface area contributed by atoms with Crippen molar-refractivity contribution in [3.8, 4) is 0 Å². The lowest BCUT2D eigenvalue weighted by Gasteiger charge is -2.36. The van der Waals surface area contributed by atoms with E-state index in [0.717, 1.165) is 20.1 Å². The molecular weight excluding hydrogens is 384 g/mol. The van der Waals surface area contributed by atoms with Crippen LogP contribution in [0.5, 0.6) is 0 Å². The van der Waals surface area contributed by atoms with Crippen LogP contribution in [0.2, 0.25) is 5.02 Å². The number of amides is 1. The molecule has 0 aliphatic heterocycles. The number of carbonyl (C=O) groups is 1. The third-order valence-corrected chi connectivity index (χ3v) is 6.34. The molecule has 2 aromatic carbocycles. The summed E-state index contributed by atoms with van der Waals surface area (Å²) >= 11 is 9.10. The summed E-state index contributed by atoms with van der Waals surface area (Å²) in [5.74, 6) is 0.487. The molecule has 1 aromatic heterocycles. The second kappa shape index (κ2) is 7.99. The van der Waals surface area contributed by atoms with Crippen LogP contribution in [-0.2, 0) is 11.3 Å². The molecule has 3 aromatic rings. The number of hydrogen-bond donors (Lipinski definition) is 0. The summed E-state index contributed by atoms with van der Waals surface area (Å²) in [5, 5.41) is 0.678. The molecular formula is C20H21ClN2OS2. The van der Waals surface area contributed by atoms with Crippen LogP contribution in [0.4, 0.5) is 0 Å². The topological polar surface area (TPSA) is 33.2 Å². The van der Waals surface area contributed by atoms with Crippen molar-refractivity contribution in [3.05, 3.63) is 59.1 Å². The molecule has 0 spiro atoms. The molecule has 0 atom stereocenters. The van der Waals surface area contributed by atoms with Gasteiger partial charge < -0.3 is 4.90 Å². The molecule has 0 unspecified atom stereocenters. The van der Waals surface area contributed by atoms with Crippen molar-refractivity contribution in [2.75, 3.05) is 5.75 Å². The largest absolute Gasteiger partial charge is 0.333 e. The summed E-state index contributed by atoms with van der Waals surface area (Å²) in [4.78, 5) is 19.4. The second-order valence-electron chi connectivity index (χ2n) is 7.02. The van der Waals surface area contributed by atoms with E-state index in [1.807, 2.05) is 41.3 Å². The summed E-state index contributed by atoms with van der Waals surface area (Å²) < 4.78 is 1.98. The minimum Gasteiger partial charge on any atom is -0.333 e. The average Bonchev–Trinajstić information content (AvgIpc) is 2.99. The molecule has 0 bridgehead atoms. The first-order valence-corrected chi connectivity index (χ1v) is 10.5. The molecule has 0 aliphatic rings. The first-order valence-electron chi connectivity index (χ1n) is 8.36. The maximum Gasteiger partial charge on any atom is 0.233 e. The van der Waals surface area contributed by atoms with Crippen LogP contribution in [0, 0.1) is 0 Å². The Morgan fingerprint density at radius 3 is 2.62 bits per heavy atom. The van der Waals surface area contributed by atoms with Crippen molar-refractivity contribution >= 4 is 50.8 Å². The van der Waals surface area contributed by atoms with Crippen molar-refractivity contribution in [3.63, 3.8) is 0 Å². The fraction of sp³-hybridized carbons (Fsp3) is 0.300. The van der Waals surface area contributed by atoms with Gasteiger partial charge in [0.2, 0.25) is 5.91 Å². The number of thiazole rings is 1. The molecule has 0 N–H and O–H groups in total. The molecule has 136 valence electrons. The predicted molar refractivity (Wildman–Crippen MR) is 112 cm³/mol. The SMILES string of the molecule is CC(C)(C)N(Cc1ccccc1)C(=O)CSc1nc2cc(Cl)ccc2s1. The average molecular weight is 405 g/mol. The molecule has 3 nitrogen and oxygen atoms in total. The van der Waals surface area contributed by atoms with Crippen molar-refractivity contribution in [2.45, 2.75) is 37.2 Å². The quantitative estimate of drug-likeness (QED) is 0.498. The van der Waals surface area contributed by atoms with Gasteiger partial charge >= 0.3 is 0 Å². The minimum atomic E-state index is -0.241. The molecule has 1 heterocycles. The molecule has 3 rings (SSSR count). The van der Waals surface area contributed by atoms with Crippen molar-refractivity contribution < 1.29 is 4.79 Å². The molecule has 0 fully saturated rings. The number of rotatable bonds is 5. The maximum atomic E-state index is 12.9. The molecule has 6 heteroatoms. The minimum absolute atomic E-state index is 0.114. The Hall–Kier alpha value is -1.56. The van der Waals surface area contributed by atoms with Gasteiger partial charge in [-0.15, -0.1) is 11.3 Å². The lowest BCUT2D eigenvalue weighted by molar-refractivity contribution is -0.133. The third kappa shape index (κ3) is 4.78. The Morgan fingerprint density at radius 2 is 1.92 bits per heavy atom. The molecule has 26 heavy (non-hydrogen) atoms. The van der Waals surface area contributed by atoms with Crippen molar-refractivity contribution in [1.29, 1.82) is 0 Å². The number of nitrogens with zero attached hydrogens (tertiary/aromatic N) is 2. The number of thioether (sulfide) groups is 1. The number of aromatic nitrogens is 1. The van der Waals surface area contributed by atoms with Crippen LogP contribution in [0.15, 0.2) is 52.9 Å².